The van der Waals surface area contributed by atoms with Crippen molar-refractivity contribution in [3.05, 3.63) is 29.8 Å². The first kappa shape index (κ1) is 18.8. The second-order valence-electron chi connectivity index (χ2n) is 6.67. The topological polar surface area (TPSA) is 29.5 Å². The first-order valence-electron chi connectivity index (χ1n) is 7.82. The van der Waals surface area contributed by atoms with Crippen LogP contribution in [0.15, 0.2) is 24.3 Å². The van der Waals surface area contributed by atoms with E-state index in [2.05, 4.69) is 26.0 Å². The van der Waals surface area contributed by atoms with Crippen molar-refractivity contribution in [1.29, 1.82) is 0 Å². The number of amides is 1. The first-order valence-corrected chi connectivity index (χ1v) is 8.35. The molecule has 0 aliphatic rings. The van der Waals surface area contributed by atoms with Gasteiger partial charge in [-0.15, -0.1) is 11.6 Å². The van der Waals surface area contributed by atoms with Crippen LogP contribution >= 0.6 is 11.6 Å². The van der Waals surface area contributed by atoms with Gasteiger partial charge in [-0.2, -0.15) is 0 Å². The quantitative estimate of drug-likeness (QED) is 0.526. The monoisotopic (exact) mass is 325 g/mol. The van der Waals surface area contributed by atoms with Gasteiger partial charge in [0.05, 0.1) is 12.0 Å². The molecule has 0 aromatic heterocycles. The van der Waals surface area contributed by atoms with Gasteiger partial charge in [0.25, 0.3) is 0 Å². The van der Waals surface area contributed by atoms with Crippen LogP contribution in [0.2, 0.25) is 0 Å². The molecule has 0 heterocycles. The average Bonchev–Trinajstić information content (AvgIpc) is 2.50. The van der Waals surface area contributed by atoms with Gasteiger partial charge < -0.3 is 9.64 Å². The molecule has 1 aromatic carbocycles. The van der Waals surface area contributed by atoms with E-state index in [1.54, 1.807) is 4.90 Å². The lowest BCUT2D eigenvalue weighted by atomic mass is 9.94. The summed E-state index contributed by atoms with van der Waals surface area (Å²) in [5.74, 6) is 1.80. The molecular weight excluding hydrogens is 298 g/mol. The molecule has 124 valence electrons. The second-order valence-corrected chi connectivity index (χ2v) is 6.94. The molecule has 0 atom stereocenters. The molecule has 1 amide bonds. The highest BCUT2D eigenvalue weighted by molar-refractivity contribution is 6.19. The van der Waals surface area contributed by atoms with Crippen molar-refractivity contribution in [2.24, 2.45) is 5.41 Å². The van der Waals surface area contributed by atoms with Crippen LogP contribution in [0.25, 0.3) is 0 Å². The van der Waals surface area contributed by atoms with E-state index < -0.39 is 5.41 Å². The predicted molar refractivity (Wildman–Crippen MR) is 92.8 cm³/mol. The lowest BCUT2D eigenvalue weighted by Crippen LogP contribution is -2.40. The van der Waals surface area contributed by atoms with Crippen molar-refractivity contribution >= 4 is 17.5 Å². The molecule has 0 aliphatic heterocycles. The number of hydrogen-bond donors (Lipinski definition) is 0. The molecule has 0 spiro atoms. The van der Waals surface area contributed by atoms with Crippen LogP contribution in [0.4, 0.5) is 0 Å². The maximum atomic E-state index is 12.2. The summed E-state index contributed by atoms with van der Waals surface area (Å²) in [6.45, 7) is 9.34. The Labute approximate surface area is 139 Å². The molecule has 0 fully saturated rings. The number of hydrogen-bond acceptors (Lipinski definition) is 2. The van der Waals surface area contributed by atoms with Crippen molar-refractivity contribution < 1.29 is 9.53 Å². The second kappa shape index (κ2) is 8.42. The van der Waals surface area contributed by atoms with Gasteiger partial charge >= 0.3 is 0 Å². The summed E-state index contributed by atoms with van der Waals surface area (Å²) in [6, 6.07) is 8.19. The summed E-state index contributed by atoms with van der Waals surface area (Å²) in [7, 11) is 1.81. The van der Waals surface area contributed by atoms with E-state index in [1.807, 2.05) is 33.0 Å². The highest BCUT2D eigenvalue weighted by Crippen LogP contribution is 2.20. The molecule has 0 aliphatic carbocycles. The Balaban J connectivity index is 2.34. The number of benzene rings is 1. The molecule has 22 heavy (non-hydrogen) atoms. The third-order valence-electron chi connectivity index (χ3n) is 3.71. The van der Waals surface area contributed by atoms with Crippen molar-refractivity contribution in [1.82, 2.24) is 4.90 Å². The number of rotatable bonds is 8. The van der Waals surface area contributed by atoms with Crippen molar-refractivity contribution in [2.45, 2.75) is 40.0 Å². The van der Waals surface area contributed by atoms with Gasteiger partial charge in [-0.25, -0.2) is 0 Å². The lowest BCUT2D eigenvalue weighted by Gasteiger charge is -2.27. The fraction of sp³-hybridized carbons (Fsp3) is 0.611. The number of carbonyl (C=O) groups is 1. The summed E-state index contributed by atoms with van der Waals surface area (Å²) in [5, 5.41) is 0. The van der Waals surface area contributed by atoms with E-state index in [0.29, 0.717) is 24.9 Å². The zero-order valence-electron chi connectivity index (χ0n) is 14.4. The Bertz CT molecular complexity index is 468. The van der Waals surface area contributed by atoms with E-state index in [4.69, 9.17) is 16.3 Å². The van der Waals surface area contributed by atoms with Gasteiger partial charge in [0.2, 0.25) is 5.91 Å². The van der Waals surface area contributed by atoms with Crippen molar-refractivity contribution in [3.8, 4) is 5.75 Å². The van der Waals surface area contributed by atoms with Crippen LogP contribution in [0.1, 0.15) is 45.6 Å². The Morgan fingerprint density at radius 1 is 1.27 bits per heavy atom. The van der Waals surface area contributed by atoms with Crippen molar-refractivity contribution in [3.63, 3.8) is 0 Å². The number of alkyl halides is 1. The Hall–Kier alpha value is -1.22. The Kier molecular flexibility index (Phi) is 7.21. The highest BCUT2D eigenvalue weighted by atomic mass is 35.5. The maximum absolute atomic E-state index is 12.2. The number of ether oxygens (including phenoxy) is 1. The van der Waals surface area contributed by atoms with Crippen LogP contribution in [0.3, 0.4) is 0 Å². The molecular formula is C18H28ClNO2. The largest absolute Gasteiger partial charge is 0.494 e. The van der Waals surface area contributed by atoms with Gasteiger partial charge in [0.15, 0.2) is 0 Å². The molecule has 0 N–H and O–H groups in total. The standard InChI is InChI=1S/C18H28ClNO2/c1-14(2)15-7-9-16(10-8-15)22-12-6-11-20(5)17(21)18(3,4)13-19/h7-10,14H,6,11-13H2,1-5H3. The summed E-state index contributed by atoms with van der Waals surface area (Å²) < 4.78 is 5.72. The van der Waals surface area contributed by atoms with Crippen LogP contribution in [0, 0.1) is 5.41 Å². The SMILES string of the molecule is CC(C)c1ccc(OCCCN(C)C(=O)C(C)(C)CCl)cc1. The number of halogens is 1. The van der Waals surface area contributed by atoms with Crippen LogP contribution in [0.5, 0.6) is 5.75 Å². The van der Waals surface area contributed by atoms with Gasteiger partial charge in [-0.1, -0.05) is 26.0 Å². The summed E-state index contributed by atoms with van der Waals surface area (Å²) in [5.41, 5.74) is 0.796. The van der Waals surface area contributed by atoms with E-state index >= 15 is 0 Å². The first-order chi connectivity index (χ1) is 10.3. The normalized spacial score (nSPS) is 11.6. The molecule has 0 unspecified atom stereocenters. The molecule has 4 heteroatoms. The predicted octanol–water partition coefficient (Wildman–Crippen LogP) is 4.30. The summed E-state index contributed by atoms with van der Waals surface area (Å²) in [6.07, 6.45) is 0.798. The Morgan fingerprint density at radius 3 is 2.36 bits per heavy atom. The van der Waals surface area contributed by atoms with E-state index in [-0.39, 0.29) is 5.91 Å². The van der Waals surface area contributed by atoms with E-state index in [9.17, 15) is 4.79 Å². The molecule has 1 rings (SSSR count). The third kappa shape index (κ3) is 5.53. The number of nitrogens with zero attached hydrogens (tertiary/aromatic N) is 1. The highest BCUT2D eigenvalue weighted by Gasteiger charge is 2.29. The molecule has 3 nitrogen and oxygen atoms in total. The zero-order valence-corrected chi connectivity index (χ0v) is 15.1. The molecule has 0 saturated carbocycles. The average molecular weight is 326 g/mol. The summed E-state index contributed by atoms with van der Waals surface area (Å²) >= 11 is 5.84. The summed E-state index contributed by atoms with van der Waals surface area (Å²) in [4.78, 5) is 13.9. The maximum Gasteiger partial charge on any atom is 0.229 e. The Morgan fingerprint density at radius 2 is 1.86 bits per heavy atom. The molecule has 0 radical (unpaired) electrons. The van der Waals surface area contributed by atoms with Crippen molar-refractivity contribution in [2.75, 3.05) is 26.1 Å². The van der Waals surface area contributed by atoms with Gasteiger partial charge in [-0.3, -0.25) is 4.79 Å². The van der Waals surface area contributed by atoms with Crippen LogP contribution in [-0.2, 0) is 4.79 Å². The fourth-order valence-electron chi connectivity index (χ4n) is 2.12. The minimum atomic E-state index is -0.510. The minimum absolute atomic E-state index is 0.0730. The smallest absolute Gasteiger partial charge is 0.229 e. The van der Waals surface area contributed by atoms with Gasteiger partial charge in [-0.05, 0) is 43.9 Å². The number of carbonyl (C=O) groups excluding carboxylic acids is 1. The minimum Gasteiger partial charge on any atom is -0.494 e. The zero-order chi connectivity index (χ0) is 16.8. The molecule has 0 saturated heterocycles. The van der Waals surface area contributed by atoms with E-state index in [0.717, 1.165) is 12.2 Å². The van der Waals surface area contributed by atoms with Crippen LogP contribution in [-0.4, -0.2) is 36.9 Å². The van der Waals surface area contributed by atoms with Gasteiger partial charge in [0, 0.05) is 19.5 Å². The van der Waals surface area contributed by atoms with E-state index in [1.165, 1.54) is 5.56 Å². The third-order valence-corrected chi connectivity index (χ3v) is 4.38. The molecule has 1 aromatic rings. The van der Waals surface area contributed by atoms with Crippen LogP contribution < -0.4 is 4.74 Å². The fourth-order valence-corrected chi connectivity index (χ4v) is 2.23. The molecule has 0 bridgehead atoms. The van der Waals surface area contributed by atoms with Gasteiger partial charge in [0.1, 0.15) is 5.75 Å². The lowest BCUT2D eigenvalue weighted by molar-refractivity contribution is -0.137.